The fourth-order valence-electron chi connectivity index (χ4n) is 1.54. The molecule has 1 aromatic rings. The van der Waals surface area contributed by atoms with E-state index in [1.165, 1.54) is 13.3 Å². The van der Waals surface area contributed by atoms with Gasteiger partial charge in [0.25, 0.3) is 5.91 Å². The van der Waals surface area contributed by atoms with E-state index in [2.05, 4.69) is 21.0 Å². The molecular formula is C14H16N2O3. The molecule has 0 saturated heterocycles. The summed E-state index contributed by atoms with van der Waals surface area (Å²) in [6.07, 6.45) is 9.80. The Kier molecular flexibility index (Phi) is 6.10. The van der Waals surface area contributed by atoms with Crippen molar-refractivity contribution in [3.63, 3.8) is 0 Å². The summed E-state index contributed by atoms with van der Waals surface area (Å²) in [5, 5.41) is 2.62. The van der Waals surface area contributed by atoms with E-state index in [0.29, 0.717) is 24.8 Å². The molecule has 1 aromatic heterocycles. The number of ether oxygens (including phenoxy) is 1. The highest BCUT2D eigenvalue weighted by Gasteiger charge is 2.21. The minimum absolute atomic E-state index is 0.357. The van der Waals surface area contributed by atoms with Crippen LogP contribution in [0.1, 0.15) is 29.6 Å². The Morgan fingerprint density at radius 3 is 2.95 bits per heavy atom. The summed E-state index contributed by atoms with van der Waals surface area (Å²) >= 11 is 0. The van der Waals surface area contributed by atoms with Gasteiger partial charge < -0.3 is 10.1 Å². The molecule has 0 aliphatic carbocycles. The molecule has 1 atom stereocenters. The van der Waals surface area contributed by atoms with Gasteiger partial charge in [0.15, 0.2) is 0 Å². The van der Waals surface area contributed by atoms with Crippen LogP contribution < -0.4 is 5.32 Å². The van der Waals surface area contributed by atoms with Crippen molar-refractivity contribution in [1.82, 2.24) is 10.3 Å². The van der Waals surface area contributed by atoms with Crippen LogP contribution in [-0.2, 0) is 9.53 Å². The van der Waals surface area contributed by atoms with Crippen molar-refractivity contribution in [2.45, 2.75) is 25.3 Å². The van der Waals surface area contributed by atoms with E-state index in [1.54, 1.807) is 18.3 Å². The molecule has 0 aliphatic rings. The van der Waals surface area contributed by atoms with Crippen molar-refractivity contribution in [1.29, 1.82) is 0 Å². The maximum Gasteiger partial charge on any atom is 0.328 e. The Bertz CT molecular complexity index is 465. The summed E-state index contributed by atoms with van der Waals surface area (Å²) in [7, 11) is 1.28. The van der Waals surface area contributed by atoms with Gasteiger partial charge in [-0.3, -0.25) is 9.78 Å². The third-order valence-corrected chi connectivity index (χ3v) is 2.53. The number of carbonyl (C=O) groups is 2. The number of amides is 1. The number of terminal acetylenes is 1. The molecule has 0 fully saturated rings. The van der Waals surface area contributed by atoms with Crippen molar-refractivity contribution in [3.05, 3.63) is 30.1 Å². The zero-order chi connectivity index (χ0) is 14.1. The van der Waals surface area contributed by atoms with Gasteiger partial charge in [-0.05, 0) is 25.0 Å². The highest BCUT2D eigenvalue weighted by atomic mass is 16.5. The third-order valence-electron chi connectivity index (χ3n) is 2.53. The minimum Gasteiger partial charge on any atom is -0.467 e. The monoisotopic (exact) mass is 260 g/mol. The maximum absolute atomic E-state index is 11.9. The van der Waals surface area contributed by atoms with Crippen LogP contribution in [0.5, 0.6) is 0 Å². The van der Waals surface area contributed by atoms with Gasteiger partial charge in [-0.1, -0.05) is 0 Å². The first kappa shape index (κ1) is 14.7. The van der Waals surface area contributed by atoms with Gasteiger partial charge in [0.05, 0.1) is 12.7 Å². The van der Waals surface area contributed by atoms with Gasteiger partial charge in [-0.15, -0.1) is 12.3 Å². The van der Waals surface area contributed by atoms with E-state index in [4.69, 9.17) is 6.42 Å². The van der Waals surface area contributed by atoms with Gasteiger partial charge in [0.1, 0.15) is 6.04 Å². The number of aromatic nitrogens is 1. The quantitative estimate of drug-likeness (QED) is 0.473. The molecular weight excluding hydrogens is 244 g/mol. The van der Waals surface area contributed by atoms with Crippen molar-refractivity contribution >= 4 is 11.9 Å². The van der Waals surface area contributed by atoms with E-state index in [1.807, 2.05) is 0 Å². The van der Waals surface area contributed by atoms with Crippen molar-refractivity contribution in [2.75, 3.05) is 7.11 Å². The van der Waals surface area contributed by atoms with Crippen molar-refractivity contribution in [3.8, 4) is 12.3 Å². The normalized spacial score (nSPS) is 11.2. The highest BCUT2D eigenvalue weighted by molar-refractivity contribution is 5.96. The molecule has 1 amide bonds. The molecule has 100 valence electrons. The summed E-state index contributed by atoms with van der Waals surface area (Å²) in [6.45, 7) is 0. The number of nitrogens with zero attached hydrogens (tertiary/aromatic N) is 1. The largest absolute Gasteiger partial charge is 0.467 e. The average molecular weight is 260 g/mol. The average Bonchev–Trinajstić information content (AvgIpc) is 2.46. The van der Waals surface area contributed by atoms with Crippen LogP contribution in [0.3, 0.4) is 0 Å². The number of esters is 1. The zero-order valence-corrected chi connectivity index (χ0v) is 10.8. The first-order valence-corrected chi connectivity index (χ1v) is 5.91. The Labute approximate surface area is 112 Å². The van der Waals surface area contributed by atoms with E-state index in [-0.39, 0.29) is 5.91 Å². The number of hydrogen-bond donors (Lipinski definition) is 1. The number of nitrogens with one attached hydrogen (secondary N) is 1. The predicted molar refractivity (Wildman–Crippen MR) is 70.2 cm³/mol. The third kappa shape index (κ3) is 4.80. The lowest BCUT2D eigenvalue weighted by Crippen LogP contribution is -2.41. The van der Waals surface area contributed by atoms with Crippen LogP contribution in [0, 0.1) is 12.3 Å². The Morgan fingerprint density at radius 1 is 1.58 bits per heavy atom. The van der Waals surface area contributed by atoms with Gasteiger partial charge in [0, 0.05) is 18.8 Å². The summed E-state index contributed by atoms with van der Waals surface area (Å²) in [4.78, 5) is 27.3. The Balaban J connectivity index is 2.64. The second kappa shape index (κ2) is 7.88. The van der Waals surface area contributed by atoms with Crippen LogP contribution in [-0.4, -0.2) is 30.0 Å². The number of pyridine rings is 1. The maximum atomic E-state index is 11.9. The SMILES string of the molecule is C#CCCC[C@@H](NC(=O)c1cccnc1)C(=O)OC. The topological polar surface area (TPSA) is 68.3 Å². The molecule has 1 heterocycles. The fourth-order valence-corrected chi connectivity index (χ4v) is 1.54. The number of hydrogen-bond acceptors (Lipinski definition) is 4. The number of unbranched alkanes of at least 4 members (excludes halogenated alkanes) is 1. The van der Waals surface area contributed by atoms with Gasteiger partial charge in [0.2, 0.25) is 0 Å². The molecule has 19 heavy (non-hydrogen) atoms. The van der Waals surface area contributed by atoms with Crippen LogP contribution >= 0.6 is 0 Å². The molecule has 0 bridgehead atoms. The fraction of sp³-hybridized carbons (Fsp3) is 0.357. The van der Waals surface area contributed by atoms with Crippen LogP contribution in [0.15, 0.2) is 24.5 Å². The van der Waals surface area contributed by atoms with Crippen LogP contribution in [0.4, 0.5) is 0 Å². The second-order valence-corrected chi connectivity index (χ2v) is 3.89. The lowest BCUT2D eigenvalue weighted by molar-refractivity contribution is -0.143. The zero-order valence-electron chi connectivity index (χ0n) is 10.8. The lowest BCUT2D eigenvalue weighted by Gasteiger charge is -2.15. The number of rotatable bonds is 6. The number of carbonyl (C=O) groups excluding carboxylic acids is 2. The second-order valence-electron chi connectivity index (χ2n) is 3.89. The Hall–Kier alpha value is -2.35. The van der Waals surface area contributed by atoms with Crippen molar-refractivity contribution in [2.24, 2.45) is 0 Å². The van der Waals surface area contributed by atoms with Crippen molar-refractivity contribution < 1.29 is 14.3 Å². The van der Waals surface area contributed by atoms with Crippen LogP contribution in [0.2, 0.25) is 0 Å². The number of methoxy groups -OCH3 is 1. The first-order chi connectivity index (χ1) is 9.19. The Morgan fingerprint density at radius 2 is 2.37 bits per heavy atom. The smallest absolute Gasteiger partial charge is 0.328 e. The highest BCUT2D eigenvalue weighted by Crippen LogP contribution is 2.04. The predicted octanol–water partition coefficient (Wildman–Crippen LogP) is 1.16. The minimum atomic E-state index is -0.689. The van der Waals surface area contributed by atoms with E-state index < -0.39 is 12.0 Å². The van der Waals surface area contributed by atoms with Gasteiger partial charge >= 0.3 is 5.97 Å². The lowest BCUT2D eigenvalue weighted by atomic mass is 10.1. The van der Waals surface area contributed by atoms with E-state index in [0.717, 1.165) is 0 Å². The molecule has 0 spiro atoms. The van der Waals surface area contributed by atoms with E-state index >= 15 is 0 Å². The summed E-state index contributed by atoms with van der Waals surface area (Å²) in [6, 6.07) is 2.59. The molecule has 0 aliphatic heterocycles. The summed E-state index contributed by atoms with van der Waals surface area (Å²) < 4.78 is 4.66. The van der Waals surface area contributed by atoms with Gasteiger partial charge in [-0.25, -0.2) is 4.79 Å². The molecule has 0 saturated carbocycles. The summed E-state index contributed by atoms with van der Waals surface area (Å²) in [5.41, 5.74) is 0.397. The molecule has 5 nitrogen and oxygen atoms in total. The molecule has 1 rings (SSSR count). The standard InChI is InChI=1S/C14H16N2O3/c1-3-4-5-8-12(14(18)19-2)16-13(17)11-7-6-9-15-10-11/h1,6-7,9-10,12H,4-5,8H2,2H3,(H,16,17)/t12-/m1/s1. The van der Waals surface area contributed by atoms with Gasteiger partial charge in [-0.2, -0.15) is 0 Å². The molecule has 0 radical (unpaired) electrons. The van der Waals surface area contributed by atoms with Crippen LogP contribution in [0.25, 0.3) is 0 Å². The molecule has 0 aromatic carbocycles. The summed E-state index contributed by atoms with van der Waals surface area (Å²) in [5.74, 6) is 1.66. The molecule has 0 unspecified atom stereocenters. The van der Waals surface area contributed by atoms with E-state index in [9.17, 15) is 9.59 Å². The molecule has 1 N–H and O–H groups in total. The first-order valence-electron chi connectivity index (χ1n) is 5.91. The molecule has 5 heteroatoms.